The van der Waals surface area contributed by atoms with E-state index in [4.69, 9.17) is 5.26 Å². The van der Waals surface area contributed by atoms with E-state index < -0.39 is 0 Å². The molecular formula is C29H21NO. The number of carbonyl (C=O) groups excluding carboxylic acids is 1. The summed E-state index contributed by atoms with van der Waals surface area (Å²) in [5.74, 6) is -0.143. The van der Waals surface area contributed by atoms with E-state index in [1.54, 1.807) is 24.3 Å². The number of Topliss-reactive ketones (excluding diaryl/α,β-unsaturated/α-hetero) is 1. The molecule has 0 aliphatic heterocycles. The fourth-order valence-electron chi connectivity index (χ4n) is 5.02. The summed E-state index contributed by atoms with van der Waals surface area (Å²) in [7, 11) is 0. The number of ketones is 1. The van der Waals surface area contributed by atoms with E-state index in [0.717, 1.165) is 5.56 Å². The lowest BCUT2D eigenvalue weighted by atomic mass is 9.69. The Morgan fingerprint density at radius 3 is 1.87 bits per heavy atom. The van der Waals surface area contributed by atoms with Gasteiger partial charge in [-0.2, -0.15) is 5.26 Å². The number of nitriles is 1. The number of rotatable bonds is 4. The van der Waals surface area contributed by atoms with E-state index in [1.807, 2.05) is 18.2 Å². The molecule has 2 heteroatoms. The zero-order chi connectivity index (χ0) is 21.3. The van der Waals surface area contributed by atoms with Gasteiger partial charge in [0, 0.05) is 16.9 Å². The largest absolute Gasteiger partial charge is 0.293 e. The predicted molar refractivity (Wildman–Crippen MR) is 122 cm³/mol. The summed E-state index contributed by atoms with van der Waals surface area (Å²) in [6.07, 6.45) is 0.680. The van der Waals surface area contributed by atoms with Crippen molar-refractivity contribution in [2.24, 2.45) is 0 Å². The van der Waals surface area contributed by atoms with Crippen molar-refractivity contribution >= 4 is 5.78 Å². The Morgan fingerprint density at radius 2 is 1.29 bits per heavy atom. The van der Waals surface area contributed by atoms with Crippen molar-refractivity contribution in [1.82, 2.24) is 0 Å². The van der Waals surface area contributed by atoms with Crippen molar-refractivity contribution in [2.45, 2.75) is 17.8 Å². The van der Waals surface area contributed by atoms with Crippen LogP contribution in [0.4, 0.5) is 0 Å². The van der Waals surface area contributed by atoms with Crippen molar-refractivity contribution in [2.75, 3.05) is 0 Å². The highest BCUT2D eigenvalue weighted by atomic mass is 16.1. The average Bonchev–Trinajstić information content (AvgIpc) is 3.21. The van der Waals surface area contributed by atoms with E-state index in [0.29, 0.717) is 17.5 Å². The van der Waals surface area contributed by atoms with Gasteiger partial charge >= 0.3 is 0 Å². The number of fused-ring (bicyclic) bond motifs is 1. The molecule has 5 rings (SSSR count). The Hall–Kier alpha value is -3.96. The van der Waals surface area contributed by atoms with Crippen LogP contribution < -0.4 is 0 Å². The molecule has 0 bridgehead atoms. The van der Waals surface area contributed by atoms with Crippen LogP contribution in [0.5, 0.6) is 0 Å². The molecule has 0 spiro atoms. The first-order chi connectivity index (χ1) is 15.2. The van der Waals surface area contributed by atoms with Gasteiger partial charge in [0.1, 0.15) is 0 Å². The van der Waals surface area contributed by atoms with Crippen LogP contribution in [-0.4, -0.2) is 5.78 Å². The molecule has 0 saturated carbocycles. The maximum absolute atomic E-state index is 13.7. The SMILES string of the molecule is N#Cc1ccc(C(=O)C2CC(c3ccccc3)(c3ccccc3)c3ccccc32)cc1. The van der Waals surface area contributed by atoms with Crippen LogP contribution in [0.15, 0.2) is 109 Å². The summed E-state index contributed by atoms with van der Waals surface area (Å²) < 4.78 is 0. The quantitative estimate of drug-likeness (QED) is 0.380. The lowest BCUT2D eigenvalue weighted by Gasteiger charge is -2.32. The number of nitrogens with zero attached hydrogens (tertiary/aromatic N) is 1. The second kappa shape index (κ2) is 7.70. The zero-order valence-corrected chi connectivity index (χ0v) is 17.0. The molecule has 0 fully saturated rings. The number of benzene rings is 4. The molecule has 148 valence electrons. The van der Waals surface area contributed by atoms with Crippen LogP contribution in [0.3, 0.4) is 0 Å². The molecular weight excluding hydrogens is 378 g/mol. The Balaban J connectivity index is 1.69. The van der Waals surface area contributed by atoms with E-state index in [2.05, 4.69) is 72.8 Å². The first-order valence-electron chi connectivity index (χ1n) is 10.5. The van der Waals surface area contributed by atoms with Gasteiger partial charge in [0.2, 0.25) is 0 Å². The molecule has 0 N–H and O–H groups in total. The van der Waals surface area contributed by atoms with Crippen LogP contribution in [0.2, 0.25) is 0 Å². The Bertz CT molecular complexity index is 1230. The third-order valence-electron chi connectivity index (χ3n) is 6.45. The molecule has 1 unspecified atom stereocenters. The van der Waals surface area contributed by atoms with Crippen molar-refractivity contribution < 1.29 is 4.79 Å². The summed E-state index contributed by atoms with van der Waals surface area (Å²) in [4.78, 5) is 13.7. The van der Waals surface area contributed by atoms with Gasteiger partial charge in [0.05, 0.1) is 11.6 Å². The summed E-state index contributed by atoms with van der Waals surface area (Å²) in [6, 6.07) is 38.4. The zero-order valence-electron chi connectivity index (χ0n) is 17.0. The van der Waals surface area contributed by atoms with Crippen molar-refractivity contribution in [3.05, 3.63) is 143 Å². The molecule has 31 heavy (non-hydrogen) atoms. The highest BCUT2D eigenvalue weighted by Crippen LogP contribution is 2.54. The molecule has 2 nitrogen and oxygen atoms in total. The molecule has 0 heterocycles. The Kier molecular flexibility index (Phi) is 4.73. The highest BCUT2D eigenvalue weighted by molar-refractivity contribution is 6.02. The molecule has 0 saturated heterocycles. The highest BCUT2D eigenvalue weighted by Gasteiger charge is 2.48. The van der Waals surface area contributed by atoms with Gasteiger partial charge in [0.15, 0.2) is 5.78 Å². The van der Waals surface area contributed by atoms with Crippen LogP contribution in [0.25, 0.3) is 0 Å². The summed E-state index contributed by atoms with van der Waals surface area (Å²) in [5.41, 5.74) is 5.50. The molecule has 4 aromatic carbocycles. The second-order valence-corrected chi connectivity index (χ2v) is 8.03. The molecule has 0 radical (unpaired) electrons. The summed E-state index contributed by atoms with van der Waals surface area (Å²) >= 11 is 0. The number of hydrogen-bond acceptors (Lipinski definition) is 2. The minimum Gasteiger partial charge on any atom is -0.293 e. The predicted octanol–water partition coefficient (Wildman–Crippen LogP) is 6.26. The monoisotopic (exact) mass is 399 g/mol. The van der Waals surface area contributed by atoms with Gasteiger partial charge < -0.3 is 0 Å². The lowest BCUT2D eigenvalue weighted by Crippen LogP contribution is -2.27. The van der Waals surface area contributed by atoms with Crippen LogP contribution in [-0.2, 0) is 5.41 Å². The minimum absolute atomic E-state index is 0.102. The smallest absolute Gasteiger partial charge is 0.170 e. The number of carbonyl (C=O) groups is 1. The first kappa shape index (κ1) is 19.0. The van der Waals surface area contributed by atoms with Gasteiger partial charge in [-0.1, -0.05) is 97.1 Å². The van der Waals surface area contributed by atoms with Gasteiger partial charge in [-0.3, -0.25) is 4.79 Å². The van der Waals surface area contributed by atoms with Crippen LogP contribution in [0.1, 0.15) is 50.5 Å². The van der Waals surface area contributed by atoms with Crippen LogP contribution >= 0.6 is 0 Å². The Labute approximate surface area is 182 Å². The second-order valence-electron chi connectivity index (χ2n) is 8.03. The van der Waals surface area contributed by atoms with Crippen molar-refractivity contribution in [3.8, 4) is 6.07 Å². The molecule has 1 aliphatic carbocycles. The Morgan fingerprint density at radius 1 is 0.742 bits per heavy atom. The van der Waals surface area contributed by atoms with Crippen molar-refractivity contribution in [1.29, 1.82) is 5.26 Å². The molecule has 0 aromatic heterocycles. The maximum Gasteiger partial charge on any atom is 0.170 e. The molecule has 0 amide bonds. The third-order valence-corrected chi connectivity index (χ3v) is 6.45. The fourth-order valence-corrected chi connectivity index (χ4v) is 5.02. The molecule has 1 atom stereocenters. The number of hydrogen-bond donors (Lipinski definition) is 0. The van der Waals surface area contributed by atoms with Gasteiger partial charge in [-0.25, -0.2) is 0 Å². The van der Waals surface area contributed by atoms with Crippen LogP contribution in [0, 0.1) is 11.3 Å². The van der Waals surface area contributed by atoms with E-state index in [1.165, 1.54) is 16.7 Å². The van der Waals surface area contributed by atoms with E-state index >= 15 is 0 Å². The summed E-state index contributed by atoms with van der Waals surface area (Å²) in [5, 5.41) is 9.09. The van der Waals surface area contributed by atoms with Gasteiger partial charge in [-0.05, 0) is 40.8 Å². The minimum atomic E-state index is -0.383. The fraction of sp³-hybridized carbons (Fsp3) is 0.103. The maximum atomic E-state index is 13.7. The van der Waals surface area contributed by atoms with Gasteiger partial charge in [-0.15, -0.1) is 0 Å². The lowest BCUT2D eigenvalue weighted by molar-refractivity contribution is 0.0955. The molecule has 4 aromatic rings. The first-order valence-corrected chi connectivity index (χ1v) is 10.5. The third kappa shape index (κ3) is 3.07. The molecule has 1 aliphatic rings. The van der Waals surface area contributed by atoms with Crippen molar-refractivity contribution in [3.63, 3.8) is 0 Å². The summed E-state index contributed by atoms with van der Waals surface area (Å²) in [6.45, 7) is 0. The standard InChI is InChI=1S/C29H21NO/c30-20-21-15-17-22(18-16-21)28(31)26-19-29(23-9-3-1-4-10-23,24-11-5-2-6-12-24)27-14-8-7-13-25(26)27/h1-18,26H,19H2. The normalized spacial score (nSPS) is 16.3. The van der Waals surface area contributed by atoms with Gasteiger partial charge in [0.25, 0.3) is 0 Å². The average molecular weight is 399 g/mol. The van der Waals surface area contributed by atoms with E-state index in [9.17, 15) is 4.79 Å². The van der Waals surface area contributed by atoms with E-state index in [-0.39, 0.29) is 17.1 Å². The topological polar surface area (TPSA) is 40.9 Å².